The molecule has 1 fully saturated rings. The van der Waals surface area contributed by atoms with Gasteiger partial charge in [0.05, 0.1) is 17.7 Å². The smallest absolute Gasteiger partial charge is 0.200 e. The molecule has 0 radical (unpaired) electrons. The van der Waals surface area contributed by atoms with E-state index < -0.39 is 6.29 Å². The van der Waals surface area contributed by atoms with Crippen LogP contribution in [0.1, 0.15) is 30.7 Å². The lowest BCUT2D eigenvalue weighted by Gasteiger charge is -2.15. The van der Waals surface area contributed by atoms with Crippen molar-refractivity contribution in [3.63, 3.8) is 0 Å². The van der Waals surface area contributed by atoms with Crippen LogP contribution in [0.4, 0.5) is 0 Å². The van der Waals surface area contributed by atoms with Crippen molar-refractivity contribution in [2.75, 3.05) is 20.8 Å². The molecule has 0 amide bonds. The van der Waals surface area contributed by atoms with Crippen LogP contribution in [-0.2, 0) is 14.9 Å². The minimum absolute atomic E-state index is 0.0983. The molecule has 1 N–H and O–H groups in total. The van der Waals surface area contributed by atoms with E-state index in [1.54, 1.807) is 26.5 Å². The van der Waals surface area contributed by atoms with Crippen molar-refractivity contribution in [2.24, 2.45) is 0 Å². The summed E-state index contributed by atoms with van der Waals surface area (Å²) in [7, 11) is 3.13. The van der Waals surface area contributed by atoms with E-state index in [1.807, 2.05) is 0 Å². The van der Waals surface area contributed by atoms with Gasteiger partial charge in [-0.3, -0.25) is 0 Å². The minimum atomic E-state index is -0.476. The van der Waals surface area contributed by atoms with E-state index in [4.69, 9.17) is 9.47 Å². The molecule has 1 aromatic rings. The van der Waals surface area contributed by atoms with Crippen LogP contribution in [-0.4, -0.2) is 35.9 Å². The molecule has 1 aliphatic rings. The molecule has 2 rings (SSSR count). The molecule has 1 saturated carbocycles. The number of hydrogen-bond acceptors (Lipinski definition) is 5. The van der Waals surface area contributed by atoms with Gasteiger partial charge in [0.2, 0.25) is 6.29 Å². The maximum Gasteiger partial charge on any atom is 0.200 e. The number of rotatable bonds is 5. The molecule has 0 bridgehead atoms. The summed E-state index contributed by atoms with van der Waals surface area (Å²) in [5.74, 6) is 0.687. The molecule has 0 atom stereocenters. The molecule has 5 heteroatoms. The zero-order chi connectivity index (χ0) is 11.6. The SMILES string of the molecule is COC(OC)c1ccnc(C2(CO)CC2)n1. The summed E-state index contributed by atoms with van der Waals surface area (Å²) in [5.41, 5.74) is 0.469. The van der Waals surface area contributed by atoms with Crippen LogP contribution < -0.4 is 0 Å². The van der Waals surface area contributed by atoms with Crippen LogP contribution in [0, 0.1) is 0 Å². The molecule has 0 aliphatic heterocycles. The number of aliphatic hydroxyl groups is 1. The third kappa shape index (κ3) is 1.93. The first-order chi connectivity index (χ1) is 7.75. The summed E-state index contributed by atoms with van der Waals surface area (Å²) < 4.78 is 10.3. The molecule has 1 aliphatic carbocycles. The highest BCUT2D eigenvalue weighted by Gasteiger charge is 2.46. The Morgan fingerprint density at radius 2 is 2.12 bits per heavy atom. The first-order valence-electron chi connectivity index (χ1n) is 5.25. The van der Waals surface area contributed by atoms with Crippen LogP contribution in [0.25, 0.3) is 0 Å². The van der Waals surface area contributed by atoms with Crippen molar-refractivity contribution in [3.8, 4) is 0 Å². The van der Waals surface area contributed by atoms with E-state index in [1.165, 1.54) is 0 Å². The van der Waals surface area contributed by atoms with Gasteiger partial charge in [-0.1, -0.05) is 0 Å². The Hall–Kier alpha value is -1.04. The molecule has 0 unspecified atom stereocenters. The van der Waals surface area contributed by atoms with Gasteiger partial charge in [0, 0.05) is 20.4 Å². The van der Waals surface area contributed by atoms with Crippen molar-refractivity contribution in [2.45, 2.75) is 24.5 Å². The Kier molecular flexibility index (Phi) is 3.18. The second kappa shape index (κ2) is 4.45. The maximum atomic E-state index is 9.31. The number of aliphatic hydroxyl groups excluding tert-OH is 1. The Labute approximate surface area is 94.4 Å². The Morgan fingerprint density at radius 3 is 2.62 bits per heavy atom. The Balaban J connectivity index is 2.26. The first kappa shape index (κ1) is 11.4. The van der Waals surface area contributed by atoms with Crippen molar-refractivity contribution < 1.29 is 14.6 Å². The summed E-state index contributed by atoms with van der Waals surface area (Å²) >= 11 is 0. The van der Waals surface area contributed by atoms with Gasteiger partial charge in [0.25, 0.3) is 0 Å². The van der Waals surface area contributed by atoms with Gasteiger partial charge in [0.15, 0.2) is 0 Å². The quantitative estimate of drug-likeness (QED) is 0.749. The average molecular weight is 224 g/mol. The number of methoxy groups -OCH3 is 2. The van der Waals surface area contributed by atoms with Crippen LogP contribution in [0.3, 0.4) is 0 Å². The van der Waals surface area contributed by atoms with Crippen LogP contribution in [0.15, 0.2) is 12.3 Å². The molecule has 0 aromatic carbocycles. The highest BCUT2D eigenvalue weighted by atomic mass is 16.7. The standard InChI is InChI=1S/C11H16N2O3/c1-15-9(16-2)8-3-6-12-10(13-8)11(7-14)4-5-11/h3,6,9,14H,4-5,7H2,1-2H3. The Bertz CT molecular complexity index is 362. The largest absolute Gasteiger partial charge is 0.395 e. The van der Waals surface area contributed by atoms with Gasteiger partial charge >= 0.3 is 0 Å². The van der Waals surface area contributed by atoms with E-state index in [9.17, 15) is 5.11 Å². The molecule has 1 heterocycles. The summed E-state index contributed by atoms with van der Waals surface area (Å²) in [5, 5.41) is 9.31. The molecular weight excluding hydrogens is 208 g/mol. The van der Waals surface area contributed by atoms with E-state index in [0.29, 0.717) is 11.5 Å². The highest BCUT2D eigenvalue weighted by molar-refractivity contribution is 5.20. The van der Waals surface area contributed by atoms with Gasteiger partial charge in [0.1, 0.15) is 5.82 Å². The van der Waals surface area contributed by atoms with Crippen molar-refractivity contribution in [1.82, 2.24) is 9.97 Å². The van der Waals surface area contributed by atoms with Crippen molar-refractivity contribution in [3.05, 3.63) is 23.8 Å². The summed E-state index contributed by atoms with van der Waals surface area (Å²) in [6, 6.07) is 1.76. The van der Waals surface area contributed by atoms with E-state index in [2.05, 4.69) is 9.97 Å². The molecule has 0 saturated heterocycles. The van der Waals surface area contributed by atoms with Crippen molar-refractivity contribution in [1.29, 1.82) is 0 Å². The van der Waals surface area contributed by atoms with Gasteiger partial charge in [-0.05, 0) is 18.9 Å². The first-order valence-corrected chi connectivity index (χ1v) is 5.25. The summed E-state index contributed by atoms with van der Waals surface area (Å²) in [6.07, 6.45) is 3.09. The molecule has 16 heavy (non-hydrogen) atoms. The van der Waals surface area contributed by atoms with Crippen LogP contribution in [0.2, 0.25) is 0 Å². The lowest BCUT2D eigenvalue weighted by molar-refractivity contribution is -0.108. The third-order valence-corrected chi connectivity index (χ3v) is 2.98. The second-order valence-corrected chi connectivity index (χ2v) is 4.05. The Morgan fingerprint density at radius 1 is 1.44 bits per heavy atom. The zero-order valence-electron chi connectivity index (χ0n) is 9.51. The van der Waals surface area contributed by atoms with Gasteiger partial charge < -0.3 is 14.6 Å². The fraction of sp³-hybridized carbons (Fsp3) is 0.636. The summed E-state index contributed by atoms with van der Waals surface area (Å²) in [6.45, 7) is 0.0983. The van der Waals surface area contributed by atoms with Gasteiger partial charge in [-0.25, -0.2) is 9.97 Å². The third-order valence-electron chi connectivity index (χ3n) is 2.98. The second-order valence-electron chi connectivity index (χ2n) is 4.05. The number of nitrogens with zero attached hydrogens (tertiary/aromatic N) is 2. The van der Waals surface area contributed by atoms with Crippen LogP contribution in [0.5, 0.6) is 0 Å². The van der Waals surface area contributed by atoms with Gasteiger partial charge in [-0.15, -0.1) is 0 Å². The van der Waals surface area contributed by atoms with E-state index >= 15 is 0 Å². The van der Waals surface area contributed by atoms with Crippen molar-refractivity contribution >= 4 is 0 Å². The van der Waals surface area contributed by atoms with E-state index in [-0.39, 0.29) is 12.0 Å². The predicted molar refractivity (Wildman–Crippen MR) is 56.8 cm³/mol. The zero-order valence-corrected chi connectivity index (χ0v) is 9.51. The molecular formula is C11H16N2O3. The van der Waals surface area contributed by atoms with E-state index in [0.717, 1.165) is 12.8 Å². The fourth-order valence-electron chi connectivity index (χ4n) is 1.70. The fourth-order valence-corrected chi connectivity index (χ4v) is 1.70. The molecule has 1 aromatic heterocycles. The molecule has 5 nitrogen and oxygen atoms in total. The minimum Gasteiger partial charge on any atom is -0.395 e. The van der Waals surface area contributed by atoms with Crippen LogP contribution >= 0.6 is 0 Å². The lowest BCUT2D eigenvalue weighted by atomic mass is 10.1. The topological polar surface area (TPSA) is 64.5 Å². The number of aromatic nitrogens is 2. The summed E-state index contributed by atoms with van der Waals surface area (Å²) in [4.78, 5) is 8.61. The monoisotopic (exact) mass is 224 g/mol. The van der Waals surface area contributed by atoms with Gasteiger partial charge in [-0.2, -0.15) is 0 Å². The lowest BCUT2D eigenvalue weighted by Crippen LogP contribution is -2.18. The number of hydrogen-bond donors (Lipinski definition) is 1. The molecule has 88 valence electrons. The average Bonchev–Trinajstić information content (AvgIpc) is 3.12. The number of ether oxygens (including phenoxy) is 2. The normalized spacial score (nSPS) is 17.8. The maximum absolute atomic E-state index is 9.31. The predicted octanol–water partition coefficient (Wildman–Crippen LogP) is 0.792. The highest BCUT2D eigenvalue weighted by Crippen LogP contribution is 2.46. The molecule has 0 spiro atoms.